The van der Waals surface area contributed by atoms with Crippen molar-refractivity contribution in [3.8, 4) is 5.75 Å². The van der Waals surface area contributed by atoms with Gasteiger partial charge in [0.05, 0.1) is 24.7 Å². The van der Waals surface area contributed by atoms with Crippen molar-refractivity contribution in [1.29, 1.82) is 0 Å². The Kier molecular flexibility index (Phi) is 6.83. The van der Waals surface area contributed by atoms with E-state index in [9.17, 15) is 14.7 Å². The fraction of sp³-hybridized carbons (Fsp3) is 0.545. The van der Waals surface area contributed by atoms with E-state index in [0.717, 1.165) is 30.8 Å². The lowest BCUT2D eigenvalue weighted by Gasteiger charge is -2.34. The van der Waals surface area contributed by atoms with Gasteiger partial charge < -0.3 is 9.84 Å². The number of imide groups is 1. The van der Waals surface area contributed by atoms with Gasteiger partial charge in [0.1, 0.15) is 18.5 Å². The van der Waals surface area contributed by atoms with E-state index in [4.69, 9.17) is 32.9 Å². The summed E-state index contributed by atoms with van der Waals surface area (Å²) in [5, 5.41) is 11.7. The van der Waals surface area contributed by atoms with Crippen molar-refractivity contribution < 1.29 is 24.0 Å². The minimum Gasteiger partial charge on any atom is -0.489 e. The molecule has 1 aromatic rings. The number of benzene rings is 1. The van der Waals surface area contributed by atoms with Crippen LogP contribution < -0.4 is 4.74 Å². The largest absolute Gasteiger partial charge is 0.489 e. The Hall–Kier alpha value is -2.36. The van der Waals surface area contributed by atoms with E-state index in [2.05, 4.69) is 11.5 Å². The Bertz CT molecular complexity index is 1030. The zero-order valence-electron chi connectivity index (χ0n) is 18.9. The number of carbonyl (C=O) groups is 2. The van der Waals surface area contributed by atoms with Crippen LogP contribution in [0.2, 0.25) is 10.0 Å². The lowest BCUT2D eigenvalue weighted by Crippen LogP contribution is -2.63. The summed E-state index contributed by atoms with van der Waals surface area (Å²) >= 11 is 12.1. The molecule has 4 rings (SSSR count). The summed E-state index contributed by atoms with van der Waals surface area (Å²) in [6.07, 6.45) is 1.20. The molecule has 0 bridgehead atoms. The second-order valence-corrected chi connectivity index (χ2v) is 9.64. The van der Waals surface area contributed by atoms with Crippen molar-refractivity contribution in [2.45, 2.75) is 31.9 Å². The number of aliphatic hydroxyl groups is 1. The zero-order valence-corrected chi connectivity index (χ0v) is 20.4. The van der Waals surface area contributed by atoms with Crippen molar-refractivity contribution in [3.05, 3.63) is 28.2 Å². The van der Waals surface area contributed by atoms with Crippen LogP contribution in [0.25, 0.3) is 0 Å². The van der Waals surface area contributed by atoms with Gasteiger partial charge >= 0.3 is 12.0 Å². The molecule has 3 atom stereocenters. The van der Waals surface area contributed by atoms with Crippen LogP contribution in [-0.4, -0.2) is 101 Å². The van der Waals surface area contributed by atoms with Crippen LogP contribution in [0.3, 0.4) is 0 Å². The number of amidine groups is 1. The number of halogens is 2. The topological polar surface area (TPSA) is 88.7 Å². The molecule has 0 spiro atoms. The Morgan fingerprint density at radius 2 is 2.03 bits per heavy atom. The number of amides is 3. The summed E-state index contributed by atoms with van der Waals surface area (Å²) in [6, 6.07) is 3.66. The molecule has 178 valence electrons. The highest BCUT2D eigenvalue weighted by Crippen LogP contribution is 2.28. The fourth-order valence-corrected chi connectivity index (χ4v) is 4.92. The summed E-state index contributed by atoms with van der Waals surface area (Å²) in [7, 11) is 3.07. The smallest absolute Gasteiger partial charge is 0.392 e. The van der Waals surface area contributed by atoms with Crippen molar-refractivity contribution in [1.82, 2.24) is 14.7 Å². The second kappa shape index (κ2) is 9.48. The number of aliphatic hydroxyl groups excluding tert-OH is 1. The summed E-state index contributed by atoms with van der Waals surface area (Å²) in [5.74, 6) is 1.50. The first kappa shape index (κ1) is 23.8. The predicted molar refractivity (Wildman–Crippen MR) is 125 cm³/mol. The maximum absolute atomic E-state index is 13.1. The monoisotopic (exact) mass is 496 g/mol. The average Bonchev–Trinajstić information content (AvgIpc) is 3.15. The van der Waals surface area contributed by atoms with Crippen molar-refractivity contribution in [2.24, 2.45) is 10.9 Å². The molecule has 3 aliphatic heterocycles. The molecule has 1 N–H and O–H groups in total. The van der Waals surface area contributed by atoms with Gasteiger partial charge in [-0.3, -0.25) is 19.2 Å². The highest BCUT2D eigenvalue weighted by molar-refractivity contribution is 6.35. The molecule has 11 heteroatoms. The molecule has 0 radical (unpaired) electrons. The van der Waals surface area contributed by atoms with E-state index in [1.54, 1.807) is 30.1 Å². The first-order valence-electron chi connectivity index (χ1n) is 11.0. The van der Waals surface area contributed by atoms with Gasteiger partial charge in [0, 0.05) is 19.1 Å². The quantitative estimate of drug-likeness (QED) is 0.630. The number of likely N-dealkylation sites (N-methyl/N-ethyl adjacent to an activating group) is 2. The van der Waals surface area contributed by atoms with Gasteiger partial charge in [-0.1, -0.05) is 35.1 Å². The molecule has 33 heavy (non-hydrogen) atoms. The molecule has 3 heterocycles. The van der Waals surface area contributed by atoms with Crippen molar-refractivity contribution >= 4 is 46.9 Å². The highest BCUT2D eigenvalue weighted by atomic mass is 35.5. The third-order valence-electron chi connectivity index (χ3n) is 6.18. The molecule has 9 nitrogen and oxygen atoms in total. The predicted octanol–water partition coefficient (Wildman–Crippen LogP) is 2.14. The molecule has 3 aliphatic rings. The van der Waals surface area contributed by atoms with Gasteiger partial charge in [-0.15, -0.1) is 0 Å². The van der Waals surface area contributed by atoms with E-state index in [-0.39, 0.29) is 19.1 Å². The average molecular weight is 497 g/mol. The van der Waals surface area contributed by atoms with Crippen LogP contribution in [0, 0.1) is 5.92 Å². The number of fused-ring (bicyclic) bond motifs is 1. The van der Waals surface area contributed by atoms with Crippen molar-refractivity contribution in [2.75, 3.05) is 40.3 Å². The van der Waals surface area contributed by atoms with Gasteiger partial charge in [-0.25, -0.2) is 9.69 Å². The minimum absolute atomic E-state index is 0.0393. The number of urea groups is 1. The molecule has 0 aromatic heterocycles. The van der Waals surface area contributed by atoms with Crippen LogP contribution in [0.4, 0.5) is 4.79 Å². The SMILES string of the molecule is CC1CCC[N+](=C2N=C3C(C(=O)N(C)C(=O)N3C)N2CC(O)COc2ccc(Cl)cc2Cl)C1. The molecule has 1 aromatic carbocycles. The van der Waals surface area contributed by atoms with Gasteiger partial charge in [-0.2, -0.15) is 0 Å². The maximum Gasteiger partial charge on any atom is 0.392 e. The summed E-state index contributed by atoms with van der Waals surface area (Å²) in [6.45, 7) is 3.84. The summed E-state index contributed by atoms with van der Waals surface area (Å²) < 4.78 is 7.83. The number of aliphatic imine (C=N–C) groups is 1. The molecule has 0 aliphatic carbocycles. The first-order chi connectivity index (χ1) is 15.7. The van der Waals surface area contributed by atoms with Crippen LogP contribution in [0.5, 0.6) is 5.75 Å². The molecule has 3 unspecified atom stereocenters. The fourth-order valence-electron chi connectivity index (χ4n) is 4.45. The number of carbonyl (C=O) groups excluding carboxylic acids is 2. The lowest BCUT2D eigenvalue weighted by molar-refractivity contribution is -0.550. The van der Waals surface area contributed by atoms with Crippen LogP contribution in [0.15, 0.2) is 23.2 Å². The number of β-amino-alcohol motifs (C(OH)–C–C–N with tert-alkyl or cyclic N) is 1. The Morgan fingerprint density at radius 3 is 2.73 bits per heavy atom. The van der Waals surface area contributed by atoms with Gasteiger partial charge in [-0.05, 0) is 37.0 Å². The molecular formula is C22H28Cl2N5O4+. The standard InChI is InChI=1S/C22H28Cl2N5O4/c1-13-5-4-8-28(10-13)21-25-19-18(20(31)27(3)22(32)26(19)2)29(21)11-15(30)12-33-17-7-6-14(23)9-16(17)24/h6-7,9,13,15,18,30H,4-5,8,10-12H2,1-3H3/q+1. The molecule has 0 saturated carbocycles. The zero-order chi connectivity index (χ0) is 23.9. The van der Waals surface area contributed by atoms with Crippen LogP contribution in [0.1, 0.15) is 19.8 Å². The van der Waals surface area contributed by atoms with Crippen molar-refractivity contribution in [3.63, 3.8) is 0 Å². The van der Waals surface area contributed by atoms with Gasteiger partial charge in [0.15, 0.2) is 0 Å². The third-order valence-corrected chi connectivity index (χ3v) is 6.71. The lowest BCUT2D eigenvalue weighted by atomic mass is 10.0. The van der Waals surface area contributed by atoms with E-state index < -0.39 is 18.2 Å². The van der Waals surface area contributed by atoms with E-state index in [1.807, 2.05) is 0 Å². The third kappa shape index (κ3) is 4.67. The number of ether oxygens (including phenoxy) is 1. The number of rotatable bonds is 5. The van der Waals surface area contributed by atoms with E-state index >= 15 is 0 Å². The van der Waals surface area contributed by atoms with E-state index in [0.29, 0.717) is 33.5 Å². The van der Waals surface area contributed by atoms with Crippen LogP contribution >= 0.6 is 23.2 Å². The molecular weight excluding hydrogens is 469 g/mol. The molecule has 2 saturated heterocycles. The Balaban J connectivity index is 1.58. The number of hydrogen-bond acceptors (Lipinski definition) is 4. The molecule has 3 amide bonds. The van der Waals surface area contributed by atoms with Gasteiger partial charge in [0.2, 0.25) is 11.9 Å². The summed E-state index contributed by atoms with van der Waals surface area (Å²) in [5.41, 5.74) is 0. The second-order valence-electron chi connectivity index (χ2n) is 8.80. The Morgan fingerprint density at radius 1 is 1.27 bits per heavy atom. The molecule has 2 fully saturated rings. The number of hydrogen-bond donors (Lipinski definition) is 1. The summed E-state index contributed by atoms with van der Waals surface area (Å²) in [4.78, 5) is 34.6. The first-order valence-corrected chi connectivity index (χ1v) is 11.7. The Labute approximate surface area is 202 Å². The maximum atomic E-state index is 13.1. The van der Waals surface area contributed by atoms with Crippen LogP contribution in [-0.2, 0) is 4.79 Å². The number of nitrogens with zero attached hydrogens (tertiary/aromatic N) is 5. The highest BCUT2D eigenvalue weighted by Gasteiger charge is 2.55. The minimum atomic E-state index is -0.940. The number of piperidine rings is 1. The number of guanidine groups is 1. The normalized spacial score (nSPS) is 26.5. The van der Waals surface area contributed by atoms with Gasteiger partial charge in [0.25, 0.3) is 5.91 Å². The van der Waals surface area contributed by atoms with E-state index in [1.165, 1.54) is 11.9 Å².